The summed E-state index contributed by atoms with van der Waals surface area (Å²) in [4.78, 5) is 4.79. The summed E-state index contributed by atoms with van der Waals surface area (Å²) >= 11 is 13.5. The van der Waals surface area contributed by atoms with Crippen molar-refractivity contribution in [3.8, 4) is 0 Å². The maximum absolute atomic E-state index is 6.07. The lowest BCUT2D eigenvalue weighted by Crippen LogP contribution is -3.28. The van der Waals surface area contributed by atoms with Crippen LogP contribution in [0, 0.1) is 0 Å². The molecular weight excluding hydrogens is 396 g/mol. The second-order valence-electron chi connectivity index (χ2n) is 7.15. The molecule has 4 nitrogen and oxygen atoms in total. The van der Waals surface area contributed by atoms with E-state index in [-0.39, 0.29) is 6.04 Å². The average Bonchev–Trinajstić information content (AvgIpc) is 3.16. The van der Waals surface area contributed by atoms with Crippen molar-refractivity contribution < 1.29 is 9.80 Å². The Morgan fingerprint density at radius 2 is 2.00 bits per heavy atom. The Hall–Kier alpha value is -1.18. The first kappa shape index (κ1) is 20.6. The third-order valence-electron chi connectivity index (χ3n) is 5.33. The van der Waals surface area contributed by atoms with Gasteiger partial charge in [0.2, 0.25) is 0 Å². The van der Waals surface area contributed by atoms with Crippen LogP contribution in [0.25, 0.3) is 0 Å². The number of thiocarbonyl (C=S) groups is 1. The Kier molecular flexibility index (Phi) is 7.49. The normalized spacial score (nSPS) is 22.0. The SMILES string of the molecule is CC[NH+]1CC[NH+]([C@H](c2cccs2)[C@@H](C)NC(=S)Nc2cccc(Cl)c2)CC1. The van der Waals surface area contributed by atoms with Gasteiger partial charge in [0.15, 0.2) is 5.11 Å². The van der Waals surface area contributed by atoms with Gasteiger partial charge >= 0.3 is 0 Å². The first-order chi connectivity index (χ1) is 13.1. The number of likely N-dealkylation sites (N-methyl/N-ethyl adjacent to an activating group) is 1. The largest absolute Gasteiger partial charge is 0.354 e. The summed E-state index contributed by atoms with van der Waals surface area (Å²) in [6.45, 7) is 10.6. The molecule has 1 aliphatic heterocycles. The van der Waals surface area contributed by atoms with Gasteiger partial charge in [-0.25, -0.2) is 0 Å². The van der Waals surface area contributed by atoms with E-state index in [0.29, 0.717) is 16.2 Å². The smallest absolute Gasteiger partial charge is 0.171 e. The molecule has 1 aliphatic rings. The first-order valence-corrected chi connectivity index (χ1v) is 11.3. The van der Waals surface area contributed by atoms with Crippen molar-refractivity contribution in [1.29, 1.82) is 0 Å². The molecule has 2 aromatic rings. The lowest BCUT2D eigenvalue weighted by atomic mass is 10.1. The summed E-state index contributed by atoms with van der Waals surface area (Å²) in [5.74, 6) is 0. The van der Waals surface area contributed by atoms with Crippen LogP contribution in [0.1, 0.15) is 24.8 Å². The quantitative estimate of drug-likeness (QED) is 0.532. The van der Waals surface area contributed by atoms with Crippen LogP contribution in [0.2, 0.25) is 5.02 Å². The number of anilines is 1. The summed E-state index contributed by atoms with van der Waals surface area (Å²) in [7, 11) is 0. The van der Waals surface area contributed by atoms with Crippen LogP contribution in [-0.4, -0.2) is 43.9 Å². The molecule has 4 N–H and O–H groups in total. The fourth-order valence-corrected chi connectivity index (χ4v) is 5.36. The zero-order valence-electron chi connectivity index (χ0n) is 15.9. The fraction of sp³-hybridized carbons (Fsp3) is 0.450. The molecule has 0 saturated carbocycles. The number of quaternary nitrogens is 2. The zero-order valence-corrected chi connectivity index (χ0v) is 18.3. The van der Waals surface area contributed by atoms with Crippen LogP contribution in [0.15, 0.2) is 41.8 Å². The molecule has 27 heavy (non-hydrogen) atoms. The number of nitrogens with one attached hydrogen (secondary N) is 4. The lowest BCUT2D eigenvalue weighted by Gasteiger charge is -2.37. The van der Waals surface area contributed by atoms with Gasteiger partial charge in [0.1, 0.15) is 32.2 Å². The van der Waals surface area contributed by atoms with E-state index < -0.39 is 0 Å². The molecule has 2 atom stereocenters. The van der Waals surface area contributed by atoms with Gasteiger partial charge < -0.3 is 20.4 Å². The van der Waals surface area contributed by atoms with Gasteiger partial charge in [-0.2, -0.15) is 0 Å². The summed E-state index contributed by atoms with van der Waals surface area (Å²) in [5.41, 5.74) is 0.910. The van der Waals surface area contributed by atoms with Gasteiger partial charge in [-0.1, -0.05) is 23.7 Å². The van der Waals surface area contributed by atoms with Gasteiger partial charge in [-0.3, -0.25) is 0 Å². The minimum absolute atomic E-state index is 0.237. The second kappa shape index (κ2) is 9.85. The highest BCUT2D eigenvalue weighted by atomic mass is 35.5. The van der Waals surface area contributed by atoms with E-state index in [0.717, 1.165) is 5.69 Å². The second-order valence-corrected chi connectivity index (χ2v) is 8.98. The Bertz CT molecular complexity index is 729. The van der Waals surface area contributed by atoms with Gasteiger partial charge in [-0.05, 0) is 55.7 Å². The highest BCUT2D eigenvalue weighted by molar-refractivity contribution is 7.80. The van der Waals surface area contributed by atoms with E-state index in [2.05, 4.69) is 42.0 Å². The predicted octanol–water partition coefficient (Wildman–Crippen LogP) is 1.62. The lowest BCUT2D eigenvalue weighted by molar-refractivity contribution is -1.03. The fourth-order valence-electron chi connectivity index (χ4n) is 3.88. The molecule has 2 heterocycles. The molecule has 0 radical (unpaired) electrons. The van der Waals surface area contributed by atoms with Crippen LogP contribution in [0.3, 0.4) is 0 Å². The topological polar surface area (TPSA) is 32.9 Å². The van der Waals surface area contributed by atoms with Gasteiger partial charge in [0.05, 0.1) is 17.5 Å². The Labute approximate surface area is 176 Å². The first-order valence-electron chi connectivity index (χ1n) is 9.61. The number of hydrogen-bond donors (Lipinski definition) is 4. The van der Waals surface area contributed by atoms with E-state index in [1.165, 1.54) is 37.6 Å². The summed E-state index contributed by atoms with van der Waals surface area (Å²) < 4.78 is 0. The van der Waals surface area contributed by atoms with Gasteiger partial charge in [-0.15, -0.1) is 11.3 Å². The van der Waals surface area contributed by atoms with E-state index in [9.17, 15) is 0 Å². The number of piperazine rings is 1. The molecular formula is C20H29ClN4S2+2. The van der Waals surface area contributed by atoms with Gasteiger partial charge in [0, 0.05) is 10.7 Å². The summed E-state index contributed by atoms with van der Waals surface area (Å²) in [6.07, 6.45) is 0. The van der Waals surface area contributed by atoms with Crippen molar-refractivity contribution in [1.82, 2.24) is 5.32 Å². The molecule has 0 spiro atoms. The van der Waals surface area contributed by atoms with Crippen LogP contribution in [-0.2, 0) is 0 Å². The molecule has 1 aromatic carbocycles. The monoisotopic (exact) mass is 424 g/mol. The Balaban J connectivity index is 1.66. The molecule has 7 heteroatoms. The number of benzene rings is 1. The van der Waals surface area contributed by atoms with Crippen molar-refractivity contribution in [2.75, 3.05) is 38.0 Å². The van der Waals surface area contributed by atoms with Crippen LogP contribution in [0.4, 0.5) is 5.69 Å². The van der Waals surface area contributed by atoms with Crippen LogP contribution < -0.4 is 20.4 Å². The van der Waals surface area contributed by atoms with Crippen molar-refractivity contribution in [3.05, 3.63) is 51.7 Å². The highest BCUT2D eigenvalue weighted by Crippen LogP contribution is 2.20. The molecule has 0 amide bonds. The van der Waals surface area contributed by atoms with Crippen molar-refractivity contribution >= 4 is 46.0 Å². The zero-order chi connectivity index (χ0) is 19.2. The number of halogens is 1. The average molecular weight is 425 g/mol. The van der Waals surface area contributed by atoms with E-state index in [1.54, 1.807) is 9.80 Å². The third-order valence-corrected chi connectivity index (χ3v) is 6.74. The molecule has 1 fully saturated rings. The number of rotatable bonds is 6. The third kappa shape index (κ3) is 5.65. The highest BCUT2D eigenvalue weighted by Gasteiger charge is 2.34. The van der Waals surface area contributed by atoms with Crippen LogP contribution in [0.5, 0.6) is 0 Å². The maximum atomic E-state index is 6.07. The minimum atomic E-state index is 0.237. The molecule has 0 bridgehead atoms. The molecule has 146 valence electrons. The molecule has 0 unspecified atom stereocenters. The predicted molar refractivity (Wildman–Crippen MR) is 119 cm³/mol. The van der Waals surface area contributed by atoms with Crippen molar-refractivity contribution in [2.45, 2.75) is 25.9 Å². The molecule has 0 aliphatic carbocycles. The number of thiophene rings is 1. The molecule has 3 rings (SSSR count). The summed E-state index contributed by atoms with van der Waals surface area (Å²) in [5, 5.41) is 10.3. The van der Waals surface area contributed by atoms with E-state index >= 15 is 0 Å². The Morgan fingerprint density at radius 1 is 1.22 bits per heavy atom. The van der Waals surface area contributed by atoms with E-state index in [4.69, 9.17) is 23.8 Å². The molecule has 1 saturated heterocycles. The van der Waals surface area contributed by atoms with E-state index in [1.807, 2.05) is 35.6 Å². The van der Waals surface area contributed by atoms with Crippen LogP contribution >= 0.6 is 35.2 Å². The molecule has 1 aromatic heterocycles. The summed E-state index contributed by atoms with van der Waals surface area (Å²) in [6, 6.07) is 12.7. The number of hydrogen-bond acceptors (Lipinski definition) is 2. The Morgan fingerprint density at radius 3 is 2.63 bits per heavy atom. The van der Waals surface area contributed by atoms with Crippen molar-refractivity contribution in [2.24, 2.45) is 0 Å². The standard InChI is InChI=1S/C20H27ClN4S2/c1-3-24-9-11-25(12-10-24)19(18-8-5-13-27-18)15(2)22-20(26)23-17-7-4-6-16(21)14-17/h4-8,13-15,19H,3,9-12H2,1-2H3,(H2,22,23,26)/p+2/t15-,19+/m1/s1. The maximum Gasteiger partial charge on any atom is 0.171 e. The minimum Gasteiger partial charge on any atom is -0.354 e. The van der Waals surface area contributed by atoms with Crippen molar-refractivity contribution in [3.63, 3.8) is 0 Å². The van der Waals surface area contributed by atoms with Gasteiger partial charge in [0.25, 0.3) is 0 Å².